The molecule has 0 saturated carbocycles. The molecule has 0 unspecified atom stereocenters. The van der Waals surface area contributed by atoms with Gasteiger partial charge in [0.1, 0.15) is 0 Å². The third-order valence-electron chi connectivity index (χ3n) is 4.06. The van der Waals surface area contributed by atoms with Crippen LogP contribution < -0.4 is 10.6 Å². The summed E-state index contributed by atoms with van der Waals surface area (Å²) in [5.41, 5.74) is 1.57. The van der Waals surface area contributed by atoms with Crippen LogP contribution in [0, 0.1) is 10.1 Å². The van der Waals surface area contributed by atoms with Crippen LogP contribution in [-0.4, -0.2) is 41.7 Å². The number of nitro benzene ring substituents is 1. The van der Waals surface area contributed by atoms with Crippen LogP contribution in [0.2, 0.25) is 0 Å². The number of amides is 1. The molecule has 0 aromatic heterocycles. The number of carbonyl (C=O) groups excluding carboxylic acids is 2. The van der Waals surface area contributed by atoms with E-state index in [9.17, 15) is 19.7 Å². The SMILES string of the molecule is CC(C)c1ccc(NC(=O)COC(=O)c2cc([N+](=O)[O-])ccc2NCCO)cc1. The van der Waals surface area contributed by atoms with E-state index in [4.69, 9.17) is 9.84 Å². The van der Waals surface area contributed by atoms with Gasteiger partial charge in [0.25, 0.3) is 11.6 Å². The van der Waals surface area contributed by atoms with Gasteiger partial charge in [-0.15, -0.1) is 0 Å². The summed E-state index contributed by atoms with van der Waals surface area (Å²) in [6.07, 6.45) is 0. The molecule has 0 fully saturated rings. The number of benzene rings is 2. The summed E-state index contributed by atoms with van der Waals surface area (Å²) in [6, 6.07) is 10.9. The van der Waals surface area contributed by atoms with Crippen LogP contribution in [-0.2, 0) is 9.53 Å². The minimum Gasteiger partial charge on any atom is -0.452 e. The summed E-state index contributed by atoms with van der Waals surface area (Å²) >= 11 is 0. The fourth-order valence-corrected chi connectivity index (χ4v) is 2.52. The first kappa shape index (κ1) is 21.8. The Morgan fingerprint density at radius 2 is 1.86 bits per heavy atom. The molecule has 0 heterocycles. The number of nitrogens with one attached hydrogen (secondary N) is 2. The van der Waals surface area contributed by atoms with Crippen molar-refractivity contribution in [3.63, 3.8) is 0 Å². The number of nitrogens with zero attached hydrogens (tertiary/aromatic N) is 1. The highest BCUT2D eigenvalue weighted by atomic mass is 16.6. The molecule has 2 aromatic rings. The van der Waals surface area contributed by atoms with E-state index < -0.39 is 23.4 Å². The number of carbonyl (C=O) groups is 2. The number of ether oxygens (including phenoxy) is 1. The van der Waals surface area contributed by atoms with E-state index in [1.807, 2.05) is 12.1 Å². The minimum atomic E-state index is -0.889. The number of aliphatic hydroxyl groups excluding tert-OH is 1. The van der Waals surface area contributed by atoms with Crippen molar-refractivity contribution in [3.05, 3.63) is 63.7 Å². The predicted octanol–water partition coefficient (Wildman–Crippen LogP) is 2.92. The lowest BCUT2D eigenvalue weighted by Crippen LogP contribution is -2.21. The van der Waals surface area contributed by atoms with E-state index in [-0.39, 0.29) is 30.1 Å². The maximum absolute atomic E-state index is 12.4. The van der Waals surface area contributed by atoms with Crippen LogP contribution in [0.1, 0.15) is 35.7 Å². The predicted molar refractivity (Wildman–Crippen MR) is 108 cm³/mol. The van der Waals surface area contributed by atoms with Gasteiger partial charge in [-0.25, -0.2) is 4.79 Å². The van der Waals surface area contributed by atoms with Gasteiger partial charge in [-0.05, 0) is 29.7 Å². The number of non-ortho nitro benzene ring substituents is 1. The fourth-order valence-electron chi connectivity index (χ4n) is 2.52. The highest BCUT2D eigenvalue weighted by molar-refractivity contribution is 5.99. The summed E-state index contributed by atoms with van der Waals surface area (Å²) in [5.74, 6) is -1.06. The van der Waals surface area contributed by atoms with Gasteiger partial charge in [0.05, 0.1) is 17.1 Å². The van der Waals surface area contributed by atoms with Gasteiger partial charge in [0.15, 0.2) is 6.61 Å². The lowest BCUT2D eigenvalue weighted by atomic mass is 10.0. The van der Waals surface area contributed by atoms with Crippen molar-refractivity contribution in [1.29, 1.82) is 0 Å². The highest BCUT2D eigenvalue weighted by Crippen LogP contribution is 2.23. The average molecular weight is 401 g/mol. The van der Waals surface area contributed by atoms with Crippen molar-refractivity contribution in [3.8, 4) is 0 Å². The lowest BCUT2D eigenvalue weighted by Gasteiger charge is -2.11. The van der Waals surface area contributed by atoms with Crippen LogP contribution in [0.15, 0.2) is 42.5 Å². The number of aliphatic hydroxyl groups is 1. The van der Waals surface area contributed by atoms with E-state index in [0.29, 0.717) is 11.6 Å². The molecule has 2 rings (SSSR count). The molecule has 154 valence electrons. The van der Waals surface area contributed by atoms with Crippen molar-refractivity contribution in [2.45, 2.75) is 19.8 Å². The number of esters is 1. The van der Waals surface area contributed by atoms with E-state index in [0.717, 1.165) is 11.6 Å². The Morgan fingerprint density at radius 1 is 1.17 bits per heavy atom. The number of nitro groups is 1. The van der Waals surface area contributed by atoms with E-state index in [2.05, 4.69) is 24.5 Å². The molecule has 29 heavy (non-hydrogen) atoms. The summed E-state index contributed by atoms with van der Waals surface area (Å²) in [5, 5.41) is 25.3. The third kappa shape index (κ3) is 6.28. The van der Waals surface area contributed by atoms with Gasteiger partial charge in [-0.3, -0.25) is 14.9 Å². The zero-order chi connectivity index (χ0) is 21.4. The van der Waals surface area contributed by atoms with Crippen LogP contribution in [0.25, 0.3) is 0 Å². The molecular formula is C20H23N3O6. The van der Waals surface area contributed by atoms with Crippen LogP contribution in [0.3, 0.4) is 0 Å². The van der Waals surface area contributed by atoms with Gasteiger partial charge >= 0.3 is 5.97 Å². The molecule has 0 radical (unpaired) electrons. The van der Waals surface area contributed by atoms with E-state index >= 15 is 0 Å². The van der Waals surface area contributed by atoms with Gasteiger partial charge in [0.2, 0.25) is 0 Å². The standard InChI is InChI=1S/C20H23N3O6/c1-13(2)14-3-5-15(6-4-14)22-19(25)12-29-20(26)17-11-16(23(27)28)7-8-18(17)21-9-10-24/h3-8,11,13,21,24H,9-10,12H2,1-2H3,(H,22,25). The molecule has 0 bridgehead atoms. The molecule has 0 saturated heterocycles. The Hall–Kier alpha value is -3.46. The lowest BCUT2D eigenvalue weighted by molar-refractivity contribution is -0.384. The normalized spacial score (nSPS) is 10.5. The van der Waals surface area contributed by atoms with Crippen molar-refractivity contribution in [2.75, 3.05) is 30.4 Å². The molecule has 0 aliphatic rings. The second kappa shape index (κ2) is 10.2. The Bertz CT molecular complexity index is 880. The molecule has 3 N–H and O–H groups in total. The number of rotatable bonds is 9. The molecule has 0 atom stereocenters. The molecule has 9 heteroatoms. The highest BCUT2D eigenvalue weighted by Gasteiger charge is 2.19. The second-order valence-electron chi connectivity index (χ2n) is 6.54. The summed E-state index contributed by atoms with van der Waals surface area (Å²) < 4.78 is 5.00. The molecule has 0 aliphatic heterocycles. The topological polar surface area (TPSA) is 131 Å². The van der Waals surface area contributed by atoms with Gasteiger partial charge in [-0.2, -0.15) is 0 Å². The quantitative estimate of drug-likeness (QED) is 0.334. The van der Waals surface area contributed by atoms with Gasteiger partial charge in [0, 0.05) is 30.1 Å². The maximum atomic E-state index is 12.4. The molecule has 0 aliphatic carbocycles. The fraction of sp³-hybridized carbons (Fsp3) is 0.300. The van der Waals surface area contributed by atoms with Crippen molar-refractivity contribution in [1.82, 2.24) is 0 Å². The zero-order valence-corrected chi connectivity index (χ0v) is 16.2. The summed E-state index contributed by atoms with van der Waals surface area (Å²) in [7, 11) is 0. The Labute approximate surface area is 167 Å². The molecule has 9 nitrogen and oxygen atoms in total. The maximum Gasteiger partial charge on any atom is 0.341 e. The van der Waals surface area contributed by atoms with Crippen molar-refractivity contribution >= 4 is 28.9 Å². The van der Waals surface area contributed by atoms with Crippen LogP contribution in [0.5, 0.6) is 0 Å². The monoisotopic (exact) mass is 401 g/mol. The molecule has 2 aromatic carbocycles. The summed E-state index contributed by atoms with van der Waals surface area (Å²) in [4.78, 5) is 34.7. The average Bonchev–Trinajstić information content (AvgIpc) is 2.70. The second-order valence-corrected chi connectivity index (χ2v) is 6.54. The number of hydrogen-bond donors (Lipinski definition) is 3. The van der Waals surface area contributed by atoms with Crippen molar-refractivity contribution < 1.29 is 24.4 Å². The smallest absolute Gasteiger partial charge is 0.341 e. The third-order valence-corrected chi connectivity index (χ3v) is 4.06. The summed E-state index contributed by atoms with van der Waals surface area (Å²) in [6.45, 7) is 3.52. The Balaban J connectivity index is 2.02. The number of hydrogen-bond acceptors (Lipinski definition) is 7. The minimum absolute atomic E-state index is 0.0956. The van der Waals surface area contributed by atoms with E-state index in [1.54, 1.807) is 12.1 Å². The van der Waals surface area contributed by atoms with Crippen molar-refractivity contribution in [2.24, 2.45) is 0 Å². The first-order chi connectivity index (χ1) is 13.8. The van der Waals surface area contributed by atoms with Gasteiger partial charge in [-0.1, -0.05) is 26.0 Å². The first-order valence-electron chi connectivity index (χ1n) is 9.02. The first-order valence-corrected chi connectivity index (χ1v) is 9.02. The van der Waals surface area contributed by atoms with Gasteiger partial charge < -0.3 is 20.5 Å². The Morgan fingerprint density at radius 3 is 2.45 bits per heavy atom. The zero-order valence-electron chi connectivity index (χ0n) is 16.2. The largest absolute Gasteiger partial charge is 0.452 e. The molecular weight excluding hydrogens is 378 g/mol. The van der Waals surface area contributed by atoms with Crippen LogP contribution >= 0.6 is 0 Å². The Kier molecular flexibility index (Phi) is 7.67. The van der Waals surface area contributed by atoms with Crippen LogP contribution in [0.4, 0.5) is 17.1 Å². The molecule has 1 amide bonds. The number of anilines is 2. The van der Waals surface area contributed by atoms with E-state index in [1.165, 1.54) is 12.1 Å². The molecule has 0 spiro atoms.